The molecule has 6 heteroatoms. The van der Waals surface area contributed by atoms with E-state index in [9.17, 15) is 13.2 Å². The number of alkyl halides is 3. The first-order chi connectivity index (χ1) is 4.11. The first-order valence-electron chi connectivity index (χ1n) is 1.96. The number of hydrogen-bond donors (Lipinski definition) is 1. The Bertz CT molecular complexity index is 177. The molecule has 1 rings (SSSR count). The van der Waals surface area contributed by atoms with Crippen LogP contribution in [0.3, 0.4) is 0 Å². The van der Waals surface area contributed by atoms with Crippen LogP contribution in [0, 0.1) is 6.33 Å². The number of aromatic nitrogens is 3. The van der Waals surface area contributed by atoms with Crippen molar-refractivity contribution in [1.29, 1.82) is 0 Å². The molecule has 0 unspecified atom stereocenters. The first-order valence-corrected chi connectivity index (χ1v) is 1.96. The monoisotopic (exact) mass is 136 g/mol. The van der Waals surface area contributed by atoms with Gasteiger partial charge in [-0.2, -0.15) is 18.2 Å². The third-order valence-electron chi connectivity index (χ3n) is 0.627. The fourth-order valence-electron chi connectivity index (χ4n) is 0.308. The second kappa shape index (κ2) is 1.71. The number of H-pyrrole nitrogens is 1. The Balaban J connectivity index is 2.90. The van der Waals surface area contributed by atoms with Gasteiger partial charge in [-0.25, -0.2) is 0 Å². The van der Waals surface area contributed by atoms with Gasteiger partial charge < -0.3 is 0 Å². The molecular formula is C3HF3N3. The van der Waals surface area contributed by atoms with Crippen LogP contribution in [-0.4, -0.2) is 15.2 Å². The summed E-state index contributed by atoms with van der Waals surface area (Å²) in [6.07, 6.45) is -2.63. The first kappa shape index (κ1) is 6.06. The van der Waals surface area contributed by atoms with Crippen molar-refractivity contribution in [3.8, 4) is 0 Å². The lowest BCUT2D eigenvalue weighted by atomic mass is 10.6. The van der Waals surface area contributed by atoms with E-state index in [1.165, 1.54) is 0 Å². The van der Waals surface area contributed by atoms with Crippen molar-refractivity contribution in [2.24, 2.45) is 0 Å². The maximum Gasteiger partial charge on any atom is 0.453 e. The normalized spacial score (nSPS) is 11.9. The van der Waals surface area contributed by atoms with Gasteiger partial charge in [0, 0.05) is 0 Å². The van der Waals surface area contributed by atoms with Crippen molar-refractivity contribution >= 4 is 0 Å². The molecule has 1 aromatic rings. The summed E-state index contributed by atoms with van der Waals surface area (Å²) in [7, 11) is 0. The molecule has 0 bridgehead atoms. The molecule has 1 aromatic heterocycles. The zero-order valence-corrected chi connectivity index (χ0v) is 4.03. The predicted octanol–water partition coefficient (Wildman–Crippen LogP) is 0.624. The van der Waals surface area contributed by atoms with Crippen LogP contribution in [0.15, 0.2) is 0 Å². The Labute approximate surface area is 47.9 Å². The molecule has 0 amide bonds. The molecule has 0 saturated heterocycles. The minimum Gasteiger partial charge on any atom is -0.256 e. The summed E-state index contributed by atoms with van der Waals surface area (Å²) in [4.78, 5) is 2.77. The summed E-state index contributed by atoms with van der Waals surface area (Å²) < 4.78 is 34.4. The van der Waals surface area contributed by atoms with E-state index in [1.54, 1.807) is 0 Å². The number of aromatic amines is 1. The maximum atomic E-state index is 11.5. The van der Waals surface area contributed by atoms with Crippen LogP contribution in [-0.2, 0) is 6.18 Å². The molecule has 1 N–H and O–H groups in total. The van der Waals surface area contributed by atoms with E-state index >= 15 is 0 Å². The van der Waals surface area contributed by atoms with Gasteiger partial charge in [-0.3, -0.25) is 5.10 Å². The van der Waals surface area contributed by atoms with Crippen molar-refractivity contribution in [2.75, 3.05) is 0 Å². The van der Waals surface area contributed by atoms with Gasteiger partial charge in [-0.15, -0.1) is 5.10 Å². The zero-order chi connectivity index (χ0) is 6.91. The third-order valence-corrected chi connectivity index (χ3v) is 0.627. The third kappa shape index (κ3) is 1.18. The van der Waals surface area contributed by atoms with Crippen molar-refractivity contribution in [3.63, 3.8) is 0 Å². The van der Waals surface area contributed by atoms with Gasteiger partial charge in [-0.1, -0.05) is 0 Å². The lowest BCUT2D eigenvalue weighted by molar-refractivity contribution is -0.144. The molecule has 3 nitrogen and oxygen atoms in total. The summed E-state index contributed by atoms with van der Waals surface area (Å²) in [6.45, 7) is 0. The average Bonchev–Trinajstić information content (AvgIpc) is 2.08. The van der Waals surface area contributed by atoms with Crippen LogP contribution in [0.1, 0.15) is 5.82 Å². The lowest BCUT2D eigenvalue weighted by Crippen LogP contribution is -2.06. The highest BCUT2D eigenvalue weighted by Crippen LogP contribution is 2.24. The van der Waals surface area contributed by atoms with E-state index < -0.39 is 12.0 Å². The van der Waals surface area contributed by atoms with E-state index in [1.807, 2.05) is 11.4 Å². The lowest BCUT2D eigenvalue weighted by Gasteiger charge is -1.96. The van der Waals surface area contributed by atoms with Crippen molar-refractivity contribution in [1.82, 2.24) is 15.2 Å². The average molecular weight is 136 g/mol. The zero-order valence-electron chi connectivity index (χ0n) is 4.03. The molecule has 0 spiro atoms. The number of nitrogens with zero attached hydrogens (tertiary/aromatic N) is 2. The Hall–Kier alpha value is -1.07. The van der Waals surface area contributed by atoms with Crippen LogP contribution < -0.4 is 0 Å². The van der Waals surface area contributed by atoms with Gasteiger partial charge in [0.25, 0.3) is 5.82 Å². The summed E-state index contributed by atoms with van der Waals surface area (Å²) >= 11 is 0. The summed E-state index contributed by atoms with van der Waals surface area (Å²) in [6, 6.07) is 0. The molecule has 1 radical (unpaired) electrons. The number of halogens is 3. The highest BCUT2D eigenvalue weighted by molar-refractivity contribution is 4.84. The predicted molar refractivity (Wildman–Crippen MR) is 20.2 cm³/mol. The SMILES string of the molecule is FC(F)(F)c1n[c][nH]n1. The van der Waals surface area contributed by atoms with E-state index in [-0.39, 0.29) is 0 Å². The van der Waals surface area contributed by atoms with Gasteiger partial charge in [0.05, 0.1) is 0 Å². The smallest absolute Gasteiger partial charge is 0.256 e. The van der Waals surface area contributed by atoms with Gasteiger partial charge in [0.2, 0.25) is 0 Å². The molecule has 9 heavy (non-hydrogen) atoms. The Morgan fingerprint density at radius 3 is 2.33 bits per heavy atom. The number of hydrogen-bond acceptors (Lipinski definition) is 2. The van der Waals surface area contributed by atoms with E-state index in [4.69, 9.17) is 0 Å². The summed E-state index contributed by atoms with van der Waals surface area (Å²) in [5, 5.41) is 4.60. The maximum absolute atomic E-state index is 11.5. The molecule has 1 heterocycles. The van der Waals surface area contributed by atoms with Crippen LogP contribution in [0.5, 0.6) is 0 Å². The Morgan fingerprint density at radius 1 is 1.44 bits per heavy atom. The van der Waals surface area contributed by atoms with Crippen molar-refractivity contribution in [2.45, 2.75) is 6.18 Å². The molecule has 0 saturated carbocycles. The highest BCUT2D eigenvalue weighted by Gasteiger charge is 2.35. The van der Waals surface area contributed by atoms with Gasteiger partial charge >= 0.3 is 6.18 Å². The van der Waals surface area contributed by atoms with Gasteiger partial charge in [0.15, 0.2) is 6.33 Å². The largest absolute Gasteiger partial charge is 0.453 e. The Kier molecular flexibility index (Phi) is 1.15. The fourth-order valence-corrected chi connectivity index (χ4v) is 0.308. The highest BCUT2D eigenvalue weighted by atomic mass is 19.4. The molecule has 0 fully saturated rings. The topological polar surface area (TPSA) is 41.6 Å². The van der Waals surface area contributed by atoms with E-state index in [0.717, 1.165) is 0 Å². The van der Waals surface area contributed by atoms with Gasteiger partial charge in [-0.05, 0) is 0 Å². The molecule has 0 aliphatic carbocycles. The number of nitrogens with one attached hydrogen (secondary N) is 1. The van der Waals surface area contributed by atoms with Crippen LogP contribution in [0.25, 0.3) is 0 Å². The van der Waals surface area contributed by atoms with Crippen LogP contribution in [0.4, 0.5) is 13.2 Å². The summed E-state index contributed by atoms with van der Waals surface area (Å²) in [5.41, 5.74) is 0. The van der Waals surface area contributed by atoms with Crippen LogP contribution >= 0.6 is 0 Å². The van der Waals surface area contributed by atoms with Gasteiger partial charge in [0.1, 0.15) is 0 Å². The van der Waals surface area contributed by atoms with E-state index in [0.29, 0.717) is 0 Å². The minimum absolute atomic E-state index is 1.19. The molecule has 0 aromatic carbocycles. The second-order valence-corrected chi connectivity index (χ2v) is 1.27. The Morgan fingerprint density at radius 2 is 2.11 bits per heavy atom. The molecule has 0 atom stereocenters. The van der Waals surface area contributed by atoms with Crippen LogP contribution in [0.2, 0.25) is 0 Å². The minimum atomic E-state index is -4.46. The molecule has 49 valence electrons. The number of rotatable bonds is 0. The fraction of sp³-hybridized carbons (Fsp3) is 0.333. The van der Waals surface area contributed by atoms with Crippen molar-refractivity contribution < 1.29 is 13.2 Å². The molecule has 0 aliphatic heterocycles. The molecular weight excluding hydrogens is 135 g/mol. The summed E-state index contributed by atoms with van der Waals surface area (Å²) in [5.74, 6) is -1.19. The van der Waals surface area contributed by atoms with E-state index in [2.05, 4.69) is 10.1 Å². The second-order valence-electron chi connectivity index (χ2n) is 1.27. The molecule has 0 aliphatic rings. The standard InChI is InChI=1S/C3HF3N3/c4-3(5,6)2-7-1-8-9-2/h(H,7,8,9). The quantitative estimate of drug-likeness (QED) is 0.568. The van der Waals surface area contributed by atoms with Crippen molar-refractivity contribution in [3.05, 3.63) is 12.2 Å².